The molecule has 5 rings (SSSR count). The van der Waals surface area contributed by atoms with E-state index in [4.69, 9.17) is 9.47 Å². The molecule has 37 heavy (non-hydrogen) atoms. The number of methoxy groups -OCH3 is 2. The Morgan fingerprint density at radius 3 is 2.46 bits per heavy atom. The van der Waals surface area contributed by atoms with Crippen molar-refractivity contribution in [3.63, 3.8) is 0 Å². The van der Waals surface area contributed by atoms with E-state index in [9.17, 15) is 9.59 Å². The van der Waals surface area contributed by atoms with Gasteiger partial charge in [-0.25, -0.2) is 4.68 Å². The molecule has 0 saturated carbocycles. The smallest absolute Gasteiger partial charge is 0.290 e. The maximum Gasteiger partial charge on any atom is 0.290 e. The van der Waals surface area contributed by atoms with E-state index in [1.165, 1.54) is 0 Å². The van der Waals surface area contributed by atoms with Crippen LogP contribution >= 0.6 is 0 Å². The highest BCUT2D eigenvalue weighted by molar-refractivity contribution is 6.00. The van der Waals surface area contributed by atoms with E-state index in [-0.39, 0.29) is 18.0 Å². The lowest BCUT2D eigenvalue weighted by Gasteiger charge is -2.10. The fraction of sp³-hybridized carbons (Fsp3) is 0.107. The van der Waals surface area contributed by atoms with Crippen molar-refractivity contribution in [1.29, 1.82) is 0 Å². The quantitative estimate of drug-likeness (QED) is 0.295. The summed E-state index contributed by atoms with van der Waals surface area (Å²) in [6.07, 6.45) is 3.66. The number of ether oxygens (including phenoxy) is 2. The predicted octanol–water partition coefficient (Wildman–Crippen LogP) is 4.04. The molecule has 0 aliphatic carbocycles. The first-order valence-electron chi connectivity index (χ1n) is 11.6. The molecule has 0 atom stereocenters. The zero-order valence-corrected chi connectivity index (χ0v) is 20.3. The van der Waals surface area contributed by atoms with Crippen molar-refractivity contribution in [3.05, 3.63) is 96.4 Å². The first-order valence-corrected chi connectivity index (χ1v) is 11.6. The maximum atomic E-state index is 13.2. The lowest BCUT2D eigenvalue weighted by Crippen LogP contribution is -2.42. The van der Waals surface area contributed by atoms with Crippen LogP contribution in [0.1, 0.15) is 16.1 Å². The molecule has 2 amide bonds. The number of hydrazine groups is 1. The van der Waals surface area contributed by atoms with E-state index in [0.717, 1.165) is 22.2 Å². The summed E-state index contributed by atoms with van der Waals surface area (Å²) >= 11 is 0. The Balaban J connectivity index is 1.40. The molecule has 0 bridgehead atoms. The molecule has 0 aliphatic heterocycles. The normalized spacial score (nSPS) is 10.8. The van der Waals surface area contributed by atoms with Crippen LogP contribution < -0.4 is 20.3 Å². The molecular formula is C28H25N5O4. The topological polar surface area (TPSA) is 110 Å². The lowest BCUT2D eigenvalue weighted by molar-refractivity contribution is -0.121. The van der Waals surface area contributed by atoms with Crippen LogP contribution in [0.2, 0.25) is 0 Å². The Kier molecular flexibility index (Phi) is 6.58. The summed E-state index contributed by atoms with van der Waals surface area (Å²) in [5.41, 5.74) is 8.98. The molecule has 0 fully saturated rings. The molecule has 2 heterocycles. The van der Waals surface area contributed by atoms with Gasteiger partial charge < -0.3 is 14.5 Å². The van der Waals surface area contributed by atoms with Gasteiger partial charge in [0, 0.05) is 28.9 Å². The summed E-state index contributed by atoms with van der Waals surface area (Å²) in [5, 5.41) is 5.49. The fourth-order valence-corrected chi connectivity index (χ4v) is 4.15. The van der Waals surface area contributed by atoms with Gasteiger partial charge in [-0.05, 0) is 41.5 Å². The van der Waals surface area contributed by atoms with Crippen LogP contribution in [0, 0.1) is 0 Å². The third kappa shape index (κ3) is 4.87. The van der Waals surface area contributed by atoms with Gasteiger partial charge in [0.25, 0.3) is 5.91 Å². The van der Waals surface area contributed by atoms with Gasteiger partial charge in [0.2, 0.25) is 5.91 Å². The van der Waals surface area contributed by atoms with E-state index in [2.05, 4.69) is 20.9 Å². The largest absolute Gasteiger partial charge is 0.493 e. The Bertz CT molecular complexity index is 1570. The highest BCUT2D eigenvalue weighted by Gasteiger charge is 2.21. The number of para-hydroxylation sites is 2. The molecule has 9 nitrogen and oxygen atoms in total. The second-order valence-electron chi connectivity index (χ2n) is 8.28. The number of carbonyl (C=O) groups excluding carboxylic acids is 2. The van der Waals surface area contributed by atoms with Crippen LogP contribution in [0.25, 0.3) is 27.7 Å². The van der Waals surface area contributed by atoms with Crippen molar-refractivity contribution >= 4 is 22.7 Å². The zero-order valence-electron chi connectivity index (χ0n) is 20.3. The van der Waals surface area contributed by atoms with E-state index in [0.29, 0.717) is 22.6 Å². The minimum Gasteiger partial charge on any atom is -0.493 e. The summed E-state index contributed by atoms with van der Waals surface area (Å²) in [6.45, 7) is 0. The summed E-state index contributed by atoms with van der Waals surface area (Å²) in [4.78, 5) is 29.0. The van der Waals surface area contributed by atoms with Gasteiger partial charge in [0.15, 0.2) is 17.2 Å². The van der Waals surface area contributed by atoms with E-state index in [1.807, 2.05) is 60.7 Å². The van der Waals surface area contributed by atoms with Gasteiger partial charge in [0.1, 0.15) is 0 Å². The van der Waals surface area contributed by atoms with E-state index >= 15 is 0 Å². The summed E-state index contributed by atoms with van der Waals surface area (Å²) in [5.74, 6) is 0.183. The number of nitrogens with one attached hydrogen (secondary N) is 3. The average molecular weight is 496 g/mol. The number of benzene rings is 3. The van der Waals surface area contributed by atoms with Gasteiger partial charge in [-0.15, -0.1) is 0 Å². The SMILES string of the molecule is COc1ccc(-c2cn(-c3ccccc3)nc2C(=O)NNC(=O)Cc2c[nH]c3ccccc23)cc1OC. The van der Waals surface area contributed by atoms with Gasteiger partial charge in [-0.3, -0.25) is 20.4 Å². The standard InChI is InChI=1S/C28H25N5O4/c1-36-24-13-12-18(14-25(24)37-2)22-17-33(20-8-4-3-5-9-20)32-27(22)28(35)31-30-26(34)15-19-16-29-23-11-7-6-10-21(19)23/h3-14,16-17,29H,15H2,1-2H3,(H,30,34)(H,31,35). The number of H-pyrrole nitrogens is 1. The Morgan fingerprint density at radius 1 is 0.919 bits per heavy atom. The third-order valence-electron chi connectivity index (χ3n) is 5.99. The number of aromatic nitrogens is 3. The monoisotopic (exact) mass is 495 g/mol. The minimum absolute atomic E-state index is 0.102. The molecule has 3 aromatic carbocycles. The summed E-state index contributed by atoms with van der Waals surface area (Å²) in [7, 11) is 3.11. The van der Waals surface area contributed by atoms with Crippen LogP contribution in [-0.2, 0) is 11.2 Å². The number of fused-ring (bicyclic) bond motifs is 1. The number of hydrogen-bond donors (Lipinski definition) is 3. The van der Waals surface area contributed by atoms with E-state index < -0.39 is 5.91 Å². The van der Waals surface area contributed by atoms with Crippen LogP contribution in [0.5, 0.6) is 11.5 Å². The maximum absolute atomic E-state index is 13.2. The first-order chi connectivity index (χ1) is 18.1. The second-order valence-corrected chi connectivity index (χ2v) is 8.28. The van der Waals surface area contributed by atoms with Gasteiger partial charge >= 0.3 is 0 Å². The summed E-state index contributed by atoms with van der Waals surface area (Å²) < 4.78 is 12.4. The van der Waals surface area contributed by atoms with Gasteiger partial charge in [0.05, 0.1) is 26.3 Å². The molecule has 0 spiro atoms. The number of rotatable bonds is 7. The molecule has 0 saturated heterocycles. The average Bonchev–Trinajstić information content (AvgIpc) is 3.57. The molecular weight excluding hydrogens is 470 g/mol. The van der Waals surface area contributed by atoms with Crippen LogP contribution in [0.15, 0.2) is 85.2 Å². The number of aromatic amines is 1. The molecule has 3 N–H and O–H groups in total. The first kappa shape index (κ1) is 23.7. The van der Waals surface area contributed by atoms with Crippen molar-refractivity contribution in [3.8, 4) is 28.3 Å². The Labute approximate surface area is 213 Å². The van der Waals surface area contributed by atoms with Crippen molar-refractivity contribution < 1.29 is 19.1 Å². The predicted molar refractivity (Wildman–Crippen MR) is 140 cm³/mol. The zero-order chi connectivity index (χ0) is 25.8. The fourth-order valence-electron chi connectivity index (χ4n) is 4.15. The molecule has 0 aliphatic rings. The molecule has 5 aromatic rings. The molecule has 9 heteroatoms. The minimum atomic E-state index is -0.549. The second kappa shape index (κ2) is 10.3. The van der Waals surface area contributed by atoms with Crippen LogP contribution in [0.4, 0.5) is 0 Å². The third-order valence-corrected chi connectivity index (χ3v) is 5.99. The molecule has 186 valence electrons. The molecule has 2 aromatic heterocycles. The van der Waals surface area contributed by atoms with Crippen molar-refractivity contribution in [2.75, 3.05) is 14.2 Å². The number of carbonyl (C=O) groups is 2. The van der Waals surface area contributed by atoms with Crippen LogP contribution in [-0.4, -0.2) is 40.8 Å². The van der Waals surface area contributed by atoms with Crippen molar-refractivity contribution in [2.45, 2.75) is 6.42 Å². The number of hydrogen-bond acceptors (Lipinski definition) is 5. The summed E-state index contributed by atoms with van der Waals surface area (Å²) in [6, 6.07) is 22.5. The number of amides is 2. The van der Waals surface area contributed by atoms with Crippen molar-refractivity contribution in [1.82, 2.24) is 25.6 Å². The Morgan fingerprint density at radius 2 is 1.68 bits per heavy atom. The highest BCUT2D eigenvalue weighted by Crippen LogP contribution is 2.34. The number of nitrogens with zero attached hydrogens (tertiary/aromatic N) is 2. The highest BCUT2D eigenvalue weighted by atomic mass is 16.5. The van der Waals surface area contributed by atoms with Gasteiger partial charge in [-0.2, -0.15) is 5.10 Å². The molecule has 0 unspecified atom stereocenters. The van der Waals surface area contributed by atoms with Gasteiger partial charge in [-0.1, -0.05) is 42.5 Å². The van der Waals surface area contributed by atoms with Crippen LogP contribution in [0.3, 0.4) is 0 Å². The lowest BCUT2D eigenvalue weighted by atomic mass is 10.1. The molecule has 0 radical (unpaired) electrons. The van der Waals surface area contributed by atoms with Crippen molar-refractivity contribution in [2.24, 2.45) is 0 Å². The van der Waals surface area contributed by atoms with E-state index in [1.54, 1.807) is 43.4 Å². The Hall–Kier alpha value is -5.05.